The molecule has 0 radical (unpaired) electrons. The van der Waals surface area contributed by atoms with E-state index < -0.39 is 5.95 Å². The molecule has 0 saturated carbocycles. The number of rotatable bonds is 6. The van der Waals surface area contributed by atoms with E-state index in [4.69, 9.17) is 0 Å². The topological polar surface area (TPSA) is 57.7 Å². The molecule has 1 aliphatic rings. The number of H-pyrrole nitrogens is 1. The molecule has 0 amide bonds. The van der Waals surface area contributed by atoms with Crippen LogP contribution in [-0.2, 0) is 19.3 Å². The Morgan fingerprint density at radius 2 is 1.77 bits per heavy atom. The smallest absolute Gasteiger partial charge is 0.216 e. The van der Waals surface area contributed by atoms with Gasteiger partial charge in [-0.2, -0.15) is 4.39 Å². The highest BCUT2D eigenvalue weighted by molar-refractivity contribution is 5.80. The Morgan fingerprint density at radius 1 is 0.968 bits per heavy atom. The minimum Gasteiger partial charge on any atom is -0.370 e. The van der Waals surface area contributed by atoms with Crippen LogP contribution >= 0.6 is 0 Å². The monoisotopic (exact) mass is 415 g/mol. The number of anilines is 1. The predicted octanol–water partition coefficient (Wildman–Crippen LogP) is 4.78. The number of pyridine rings is 3. The third-order valence-electron chi connectivity index (χ3n) is 6.04. The standard InChI is InChI=1S/C25H26FN5/c1-17-12-23-19(15-29-25(23)28-14-17)13-18-4-5-21(30-24(18)26)7-6-20-8-9-22(16-27-20)31-10-2-3-11-31/h4-5,8-9,12,14-16H,2-3,6-7,10-11,13H2,1H3,(H,28,29). The molecule has 0 aliphatic carbocycles. The van der Waals surface area contributed by atoms with Crippen LogP contribution in [0.1, 0.15) is 40.9 Å². The van der Waals surface area contributed by atoms with Gasteiger partial charge in [-0.25, -0.2) is 9.97 Å². The van der Waals surface area contributed by atoms with Gasteiger partial charge in [0.15, 0.2) is 0 Å². The average Bonchev–Trinajstić information content (AvgIpc) is 3.45. The Bertz CT molecular complexity index is 1190. The Labute approximate surface area is 181 Å². The summed E-state index contributed by atoms with van der Waals surface area (Å²) in [5.41, 5.74) is 6.50. The molecule has 0 unspecified atom stereocenters. The van der Waals surface area contributed by atoms with Crippen LogP contribution in [0, 0.1) is 12.9 Å². The molecule has 5 nitrogen and oxygen atoms in total. The average molecular weight is 416 g/mol. The van der Waals surface area contributed by atoms with Crippen molar-refractivity contribution in [3.63, 3.8) is 0 Å². The van der Waals surface area contributed by atoms with Crippen molar-refractivity contribution in [1.29, 1.82) is 0 Å². The molecule has 4 aromatic heterocycles. The molecule has 4 aromatic rings. The summed E-state index contributed by atoms with van der Waals surface area (Å²) in [6, 6.07) is 10.1. The zero-order chi connectivity index (χ0) is 21.2. The summed E-state index contributed by atoms with van der Waals surface area (Å²) in [7, 11) is 0. The number of nitrogens with one attached hydrogen (secondary N) is 1. The second-order valence-electron chi connectivity index (χ2n) is 8.35. The Morgan fingerprint density at radius 3 is 2.55 bits per heavy atom. The number of aromatic amines is 1. The third-order valence-corrected chi connectivity index (χ3v) is 6.04. The fourth-order valence-corrected chi connectivity index (χ4v) is 4.27. The molecular weight excluding hydrogens is 389 g/mol. The van der Waals surface area contributed by atoms with Crippen LogP contribution in [0.5, 0.6) is 0 Å². The molecule has 6 heteroatoms. The van der Waals surface area contributed by atoms with E-state index in [0.717, 1.165) is 53.1 Å². The van der Waals surface area contributed by atoms with Gasteiger partial charge in [0.2, 0.25) is 5.95 Å². The summed E-state index contributed by atoms with van der Waals surface area (Å²) >= 11 is 0. The summed E-state index contributed by atoms with van der Waals surface area (Å²) in [6.07, 6.45) is 10.1. The number of aromatic nitrogens is 4. The lowest BCUT2D eigenvalue weighted by Crippen LogP contribution is -2.17. The SMILES string of the molecule is Cc1cnc2[nH]cc(Cc3ccc(CCc4ccc(N5CCCC5)cn4)nc3F)c2c1. The maximum absolute atomic E-state index is 14.7. The van der Waals surface area contributed by atoms with Gasteiger partial charge < -0.3 is 9.88 Å². The lowest BCUT2D eigenvalue weighted by molar-refractivity contribution is 0.562. The number of halogens is 1. The van der Waals surface area contributed by atoms with Crippen molar-refractivity contribution in [3.8, 4) is 0 Å². The summed E-state index contributed by atoms with van der Waals surface area (Å²) in [5, 5.41) is 1.03. The van der Waals surface area contributed by atoms with Crippen LogP contribution < -0.4 is 4.90 Å². The number of hydrogen-bond donors (Lipinski definition) is 1. The van der Waals surface area contributed by atoms with Crippen molar-refractivity contribution in [1.82, 2.24) is 19.9 Å². The molecule has 0 aromatic carbocycles. The van der Waals surface area contributed by atoms with Gasteiger partial charge in [0.25, 0.3) is 0 Å². The van der Waals surface area contributed by atoms with Crippen LogP contribution in [0.15, 0.2) is 48.9 Å². The van der Waals surface area contributed by atoms with Gasteiger partial charge in [0.05, 0.1) is 11.9 Å². The highest BCUT2D eigenvalue weighted by Crippen LogP contribution is 2.22. The normalized spacial score (nSPS) is 13.9. The lowest BCUT2D eigenvalue weighted by atomic mass is 10.0. The summed E-state index contributed by atoms with van der Waals surface area (Å²) in [4.78, 5) is 18.7. The molecule has 5 rings (SSSR count). The molecule has 0 bridgehead atoms. The van der Waals surface area contributed by atoms with Gasteiger partial charge in [-0.1, -0.05) is 6.07 Å². The number of fused-ring (bicyclic) bond motifs is 1. The molecule has 1 aliphatic heterocycles. The van der Waals surface area contributed by atoms with E-state index in [1.165, 1.54) is 18.5 Å². The van der Waals surface area contributed by atoms with E-state index in [-0.39, 0.29) is 0 Å². The van der Waals surface area contributed by atoms with Crippen molar-refractivity contribution < 1.29 is 4.39 Å². The van der Waals surface area contributed by atoms with Crippen LogP contribution in [-0.4, -0.2) is 33.0 Å². The minimum atomic E-state index is -0.398. The molecule has 5 heterocycles. The van der Waals surface area contributed by atoms with Gasteiger partial charge in [-0.15, -0.1) is 0 Å². The molecule has 0 atom stereocenters. The van der Waals surface area contributed by atoms with Crippen molar-refractivity contribution >= 4 is 16.7 Å². The first kappa shape index (κ1) is 19.7. The summed E-state index contributed by atoms with van der Waals surface area (Å²) < 4.78 is 14.7. The highest BCUT2D eigenvalue weighted by atomic mass is 19.1. The first-order valence-electron chi connectivity index (χ1n) is 10.9. The molecular formula is C25H26FN5. The van der Waals surface area contributed by atoms with Gasteiger partial charge in [-0.3, -0.25) is 4.98 Å². The van der Waals surface area contributed by atoms with Gasteiger partial charge >= 0.3 is 0 Å². The molecule has 1 saturated heterocycles. The fraction of sp³-hybridized carbons (Fsp3) is 0.320. The lowest BCUT2D eigenvalue weighted by Gasteiger charge is -2.17. The zero-order valence-corrected chi connectivity index (χ0v) is 17.7. The summed E-state index contributed by atoms with van der Waals surface area (Å²) in [5.74, 6) is -0.398. The van der Waals surface area contributed by atoms with Gasteiger partial charge in [0, 0.05) is 54.2 Å². The molecule has 0 spiro atoms. The Kier molecular flexibility index (Phi) is 5.37. The first-order chi connectivity index (χ1) is 15.2. The predicted molar refractivity (Wildman–Crippen MR) is 121 cm³/mol. The van der Waals surface area contributed by atoms with Crippen LogP contribution in [0.25, 0.3) is 11.0 Å². The second-order valence-corrected chi connectivity index (χ2v) is 8.35. The maximum Gasteiger partial charge on any atom is 0.216 e. The third kappa shape index (κ3) is 4.29. The summed E-state index contributed by atoms with van der Waals surface area (Å²) in [6.45, 7) is 4.24. The quantitative estimate of drug-likeness (QED) is 0.461. The van der Waals surface area contributed by atoms with E-state index in [2.05, 4.69) is 43.0 Å². The van der Waals surface area contributed by atoms with Crippen molar-refractivity contribution in [2.75, 3.05) is 18.0 Å². The van der Waals surface area contributed by atoms with Gasteiger partial charge in [0.1, 0.15) is 5.65 Å². The van der Waals surface area contributed by atoms with E-state index in [1.54, 1.807) is 0 Å². The molecule has 1 N–H and O–H groups in total. The largest absolute Gasteiger partial charge is 0.370 e. The minimum absolute atomic E-state index is 0.398. The van der Waals surface area contributed by atoms with E-state index in [9.17, 15) is 4.39 Å². The first-order valence-corrected chi connectivity index (χ1v) is 10.9. The van der Waals surface area contributed by atoms with Crippen molar-refractivity contribution in [2.24, 2.45) is 0 Å². The number of aryl methyl sites for hydroxylation is 3. The number of hydrogen-bond acceptors (Lipinski definition) is 4. The van der Waals surface area contributed by atoms with Crippen LogP contribution in [0.4, 0.5) is 10.1 Å². The fourth-order valence-electron chi connectivity index (χ4n) is 4.27. The second kappa shape index (κ2) is 8.46. The molecule has 1 fully saturated rings. The zero-order valence-electron chi connectivity index (χ0n) is 17.7. The van der Waals surface area contributed by atoms with E-state index >= 15 is 0 Å². The van der Waals surface area contributed by atoms with Crippen LogP contribution in [0.2, 0.25) is 0 Å². The maximum atomic E-state index is 14.7. The molecule has 31 heavy (non-hydrogen) atoms. The van der Waals surface area contributed by atoms with Gasteiger partial charge in [-0.05, 0) is 68.0 Å². The van der Waals surface area contributed by atoms with Crippen LogP contribution in [0.3, 0.4) is 0 Å². The molecule has 158 valence electrons. The van der Waals surface area contributed by atoms with Crippen molar-refractivity contribution in [2.45, 2.75) is 39.0 Å². The van der Waals surface area contributed by atoms with E-state index in [0.29, 0.717) is 18.4 Å². The Balaban J connectivity index is 1.24. The van der Waals surface area contributed by atoms with E-state index in [1.807, 2.05) is 37.6 Å². The van der Waals surface area contributed by atoms with Crippen molar-refractivity contribution in [3.05, 3.63) is 82.9 Å². The number of nitrogens with zero attached hydrogens (tertiary/aromatic N) is 4. The highest BCUT2D eigenvalue weighted by Gasteiger charge is 2.13. The Hall–Kier alpha value is -3.28.